The van der Waals surface area contributed by atoms with Crippen molar-refractivity contribution in [3.63, 3.8) is 0 Å². The van der Waals surface area contributed by atoms with E-state index in [9.17, 15) is 0 Å². The van der Waals surface area contributed by atoms with Gasteiger partial charge in [0.05, 0.1) is 25.5 Å². The van der Waals surface area contributed by atoms with Crippen LogP contribution in [0.2, 0.25) is 0 Å². The first-order chi connectivity index (χ1) is 14.8. The van der Waals surface area contributed by atoms with Crippen molar-refractivity contribution >= 4 is 5.71 Å². The highest BCUT2D eigenvalue weighted by molar-refractivity contribution is 6.02. The van der Waals surface area contributed by atoms with Crippen LogP contribution in [0.25, 0.3) is 0 Å². The number of fused-ring (bicyclic) bond motifs is 3. The molecule has 0 spiro atoms. The maximum atomic E-state index is 6.40. The minimum Gasteiger partial charge on any atom is -0.497 e. The van der Waals surface area contributed by atoms with E-state index in [0.29, 0.717) is 6.61 Å². The van der Waals surface area contributed by atoms with Crippen molar-refractivity contribution < 1.29 is 14.2 Å². The molecule has 5 nitrogen and oxygen atoms in total. The Morgan fingerprint density at radius 2 is 1.70 bits per heavy atom. The normalized spacial score (nSPS) is 19.4. The Hall–Kier alpha value is -3.47. The zero-order valence-electron chi connectivity index (χ0n) is 17.1. The Balaban J connectivity index is 1.51. The molecule has 5 rings (SSSR count). The van der Waals surface area contributed by atoms with Crippen molar-refractivity contribution in [2.75, 3.05) is 13.7 Å². The number of para-hydroxylation sites is 1. The first-order valence-corrected chi connectivity index (χ1v) is 10.3. The van der Waals surface area contributed by atoms with E-state index in [2.05, 4.69) is 29.3 Å². The van der Waals surface area contributed by atoms with E-state index in [0.717, 1.165) is 40.5 Å². The van der Waals surface area contributed by atoms with Crippen LogP contribution in [-0.4, -0.2) is 24.4 Å². The van der Waals surface area contributed by atoms with Crippen molar-refractivity contribution in [1.82, 2.24) is 5.01 Å². The Bertz CT molecular complexity index is 1060. The molecule has 2 aliphatic rings. The first-order valence-electron chi connectivity index (χ1n) is 10.3. The van der Waals surface area contributed by atoms with Crippen LogP contribution < -0.4 is 14.2 Å². The number of methoxy groups -OCH3 is 1. The van der Waals surface area contributed by atoms with Gasteiger partial charge in [-0.25, -0.2) is 5.01 Å². The number of nitrogens with zero attached hydrogens (tertiary/aromatic N) is 2. The van der Waals surface area contributed by atoms with Gasteiger partial charge < -0.3 is 14.2 Å². The SMILES string of the molecule is CCOc1ccc(C2=NN3[C@@H](c4ccc(OC)cc4)Oc4ccccc4[C@@H]3C2)cc1. The molecule has 3 aromatic rings. The smallest absolute Gasteiger partial charge is 0.213 e. The Labute approximate surface area is 176 Å². The molecule has 3 aromatic carbocycles. The van der Waals surface area contributed by atoms with E-state index >= 15 is 0 Å². The maximum Gasteiger partial charge on any atom is 0.213 e. The second kappa shape index (κ2) is 7.75. The van der Waals surface area contributed by atoms with Crippen LogP contribution in [0.3, 0.4) is 0 Å². The summed E-state index contributed by atoms with van der Waals surface area (Å²) in [6.07, 6.45) is 0.553. The molecule has 2 aliphatic heterocycles. The lowest BCUT2D eigenvalue weighted by atomic mass is 9.96. The third kappa shape index (κ3) is 3.26. The maximum absolute atomic E-state index is 6.40. The van der Waals surface area contributed by atoms with Crippen molar-refractivity contribution in [3.8, 4) is 17.2 Å². The molecule has 0 amide bonds. The molecule has 0 saturated carbocycles. The number of hydrazone groups is 1. The molecule has 30 heavy (non-hydrogen) atoms. The van der Waals surface area contributed by atoms with Crippen molar-refractivity contribution in [2.45, 2.75) is 25.6 Å². The van der Waals surface area contributed by atoms with E-state index < -0.39 is 0 Å². The number of ether oxygens (including phenoxy) is 3. The van der Waals surface area contributed by atoms with Crippen LogP contribution in [0.4, 0.5) is 0 Å². The zero-order valence-corrected chi connectivity index (χ0v) is 17.1. The molecular weight excluding hydrogens is 376 g/mol. The molecule has 0 bridgehead atoms. The first kappa shape index (κ1) is 18.6. The van der Waals surface area contributed by atoms with E-state index in [1.54, 1.807) is 7.11 Å². The summed E-state index contributed by atoms with van der Waals surface area (Å²) in [6, 6.07) is 24.6. The number of rotatable bonds is 5. The minimum absolute atomic E-state index is 0.142. The van der Waals surface area contributed by atoms with E-state index in [-0.39, 0.29) is 12.3 Å². The fraction of sp³-hybridized carbons (Fsp3) is 0.240. The summed E-state index contributed by atoms with van der Waals surface area (Å²) in [5.74, 6) is 2.62. The molecule has 0 aromatic heterocycles. The van der Waals surface area contributed by atoms with Crippen LogP contribution in [-0.2, 0) is 0 Å². The molecule has 0 unspecified atom stereocenters. The zero-order chi connectivity index (χ0) is 20.5. The molecular formula is C25H24N2O3. The van der Waals surface area contributed by atoms with Gasteiger partial charge in [-0.3, -0.25) is 0 Å². The average Bonchev–Trinajstić information content (AvgIpc) is 3.25. The highest BCUT2D eigenvalue weighted by Crippen LogP contribution is 2.47. The predicted molar refractivity (Wildman–Crippen MR) is 116 cm³/mol. The van der Waals surface area contributed by atoms with Crippen LogP contribution in [0, 0.1) is 0 Å². The summed E-state index contributed by atoms with van der Waals surface area (Å²) >= 11 is 0. The van der Waals surface area contributed by atoms with Crippen molar-refractivity contribution in [1.29, 1.82) is 0 Å². The highest BCUT2D eigenvalue weighted by Gasteiger charge is 2.40. The van der Waals surface area contributed by atoms with Gasteiger partial charge in [-0.2, -0.15) is 5.10 Å². The van der Waals surface area contributed by atoms with Gasteiger partial charge in [0.25, 0.3) is 0 Å². The Kier molecular flexibility index (Phi) is 4.79. The summed E-state index contributed by atoms with van der Waals surface area (Å²) in [7, 11) is 1.67. The standard InChI is InChI=1S/C25H24N2O3/c1-3-29-20-14-8-17(9-15-20)22-16-23-21-6-4-5-7-24(21)30-25(27(23)26-22)18-10-12-19(28-2)13-11-18/h4-15,23,25H,3,16H2,1-2H3/t23-,25+/m0/s1. The lowest BCUT2D eigenvalue weighted by Crippen LogP contribution is -2.33. The fourth-order valence-corrected chi connectivity index (χ4v) is 4.11. The minimum atomic E-state index is -0.281. The van der Waals surface area contributed by atoms with Gasteiger partial charge in [-0.05, 0) is 67.1 Å². The third-order valence-electron chi connectivity index (χ3n) is 5.60. The summed E-state index contributed by atoms with van der Waals surface area (Å²) in [4.78, 5) is 0. The van der Waals surface area contributed by atoms with E-state index in [4.69, 9.17) is 19.3 Å². The van der Waals surface area contributed by atoms with Gasteiger partial charge in [0.15, 0.2) is 0 Å². The molecule has 0 N–H and O–H groups in total. The van der Waals surface area contributed by atoms with E-state index in [1.165, 1.54) is 5.56 Å². The second-order valence-corrected chi connectivity index (χ2v) is 7.39. The van der Waals surface area contributed by atoms with Gasteiger partial charge in [0.1, 0.15) is 17.2 Å². The van der Waals surface area contributed by atoms with Gasteiger partial charge >= 0.3 is 0 Å². The Morgan fingerprint density at radius 1 is 0.967 bits per heavy atom. The van der Waals surface area contributed by atoms with Crippen LogP contribution in [0.15, 0.2) is 77.9 Å². The third-order valence-corrected chi connectivity index (χ3v) is 5.60. The molecule has 2 atom stereocenters. The van der Waals surface area contributed by atoms with Gasteiger partial charge in [-0.1, -0.05) is 18.2 Å². The molecule has 2 heterocycles. The molecule has 0 fully saturated rings. The molecule has 0 saturated heterocycles. The predicted octanol–water partition coefficient (Wildman–Crippen LogP) is 5.34. The topological polar surface area (TPSA) is 43.3 Å². The van der Waals surface area contributed by atoms with Gasteiger partial charge in [-0.15, -0.1) is 0 Å². The van der Waals surface area contributed by atoms with Crippen LogP contribution in [0.5, 0.6) is 17.2 Å². The number of benzene rings is 3. The Morgan fingerprint density at radius 3 is 2.43 bits per heavy atom. The van der Waals surface area contributed by atoms with Gasteiger partial charge in [0.2, 0.25) is 6.23 Å². The molecule has 152 valence electrons. The van der Waals surface area contributed by atoms with Crippen LogP contribution >= 0.6 is 0 Å². The monoisotopic (exact) mass is 400 g/mol. The molecule has 5 heteroatoms. The van der Waals surface area contributed by atoms with Gasteiger partial charge in [0, 0.05) is 17.5 Å². The van der Waals surface area contributed by atoms with E-state index in [1.807, 2.05) is 55.5 Å². The second-order valence-electron chi connectivity index (χ2n) is 7.39. The average molecular weight is 400 g/mol. The van der Waals surface area contributed by atoms with Crippen molar-refractivity contribution in [3.05, 3.63) is 89.5 Å². The van der Waals surface area contributed by atoms with Crippen molar-refractivity contribution in [2.24, 2.45) is 5.10 Å². The quantitative estimate of drug-likeness (QED) is 0.580. The highest BCUT2D eigenvalue weighted by atomic mass is 16.5. The largest absolute Gasteiger partial charge is 0.497 e. The summed E-state index contributed by atoms with van der Waals surface area (Å²) in [5.41, 5.74) is 4.39. The van der Waals surface area contributed by atoms with Crippen LogP contribution in [0.1, 0.15) is 42.3 Å². The molecule has 0 aliphatic carbocycles. The summed E-state index contributed by atoms with van der Waals surface area (Å²) in [6.45, 7) is 2.65. The number of hydrogen-bond acceptors (Lipinski definition) is 5. The molecule has 0 radical (unpaired) electrons. The lowest BCUT2D eigenvalue weighted by Gasteiger charge is -2.38. The summed E-state index contributed by atoms with van der Waals surface area (Å²) < 4.78 is 17.3. The lowest BCUT2D eigenvalue weighted by molar-refractivity contribution is -0.0190. The fourth-order valence-electron chi connectivity index (χ4n) is 4.11. The summed E-state index contributed by atoms with van der Waals surface area (Å²) in [5, 5.41) is 7.10. The number of hydrogen-bond donors (Lipinski definition) is 0.